The van der Waals surface area contributed by atoms with Crippen LogP contribution < -0.4 is 15.8 Å². The zero-order chi connectivity index (χ0) is 24.2. The average molecular weight is 458 g/mol. The maximum atomic E-state index is 13.5. The van der Waals surface area contributed by atoms with Crippen molar-refractivity contribution in [2.24, 2.45) is 0 Å². The van der Waals surface area contributed by atoms with E-state index in [1.165, 1.54) is 10.5 Å². The van der Waals surface area contributed by atoms with E-state index in [4.69, 9.17) is 9.72 Å². The highest BCUT2D eigenvalue weighted by Gasteiger charge is 2.27. The first-order valence-corrected chi connectivity index (χ1v) is 11.2. The van der Waals surface area contributed by atoms with E-state index in [2.05, 4.69) is 5.32 Å². The molecule has 0 saturated carbocycles. The maximum absolute atomic E-state index is 13.5. The molecule has 1 aromatic carbocycles. The number of pyridine rings is 1. The largest absolute Gasteiger partial charge is 0.372 e. The van der Waals surface area contributed by atoms with Crippen LogP contribution >= 0.6 is 0 Å². The number of carbonyl (C=O) groups is 1. The summed E-state index contributed by atoms with van der Waals surface area (Å²) < 4.78 is 7.30. The normalized spacial score (nSPS) is 18.5. The fourth-order valence-electron chi connectivity index (χ4n) is 4.18. The molecule has 0 spiro atoms. The number of benzene rings is 1. The van der Waals surface area contributed by atoms with Crippen molar-refractivity contribution in [1.29, 1.82) is 5.26 Å². The Morgan fingerprint density at radius 1 is 1.21 bits per heavy atom. The molecule has 3 heterocycles. The molecule has 8 heteroatoms. The van der Waals surface area contributed by atoms with Gasteiger partial charge >= 0.3 is 0 Å². The van der Waals surface area contributed by atoms with Crippen LogP contribution in [-0.4, -0.2) is 40.6 Å². The molecule has 3 aromatic rings. The third-order valence-electron chi connectivity index (χ3n) is 5.73. The molecular formula is C26H27N5O3. The Labute approximate surface area is 198 Å². The molecule has 1 aliphatic rings. The summed E-state index contributed by atoms with van der Waals surface area (Å²) in [5, 5.41) is 12.5. The van der Waals surface area contributed by atoms with Gasteiger partial charge in [-0.25, -0.2) is 4.98 Å². The molecule has 174 valence electrons. The summed E-state index contributed by atoms with van der Waals surface area (Å²) in [5.41, 5.74) is 2.02. The Morgan fingerprint density at radius 3 is 2.59 bits per heavy atom. The molecule has 4 rings (SSSR count). The number of nitriles is 1. The van der Waals surface area contributed by atoms with Gasteiger partial charge in [0.1, 0.15) is 23.1 Å². The molecular weight excluding hydrogens is 430 g/mol. The standard InChI is InChI=1S/C26H27N5O3/c1-17-8-7-11-31-23(17)29-24(30-15-18(2)34-19(3)16-30)22(26(31)33)12-21(13-27)25(32)28-14-20-9-5-4-6-10-20/h4-12,18-19H,14-16H2,1-3H3,(H,28,32)/b21-12+/t18-,19-/m1/s1. The molecule has 0 bridgehead atoms. The Hall–Kier alpha value is -3.96. The van der Waals surface area contributed by atoms with Crippen molar-refractivity contribution >= 4 is 23.4 Å². The molecule has 1 fully saturated rings. The second-order valence-electron chi connectivity index (χ2n) is 8.54. The molecule has 0 unspecified atom stereocenters. The van der Waals surface area contributed by atoms with Crippen LogP contribution in [0.25, 0.3) is 11.7 Å². The van der Waals surface area contributed by atoms with Crippen molar-refractivity contribution in [3.8, 4) is 6.07 Å². The highest BCUT2D eigenvalue weighted by Crippen LogP contribution is 2.24. The number of rotatable bonds is 5. The van der Waals surface area contributed by atoms with Gasteiger partial charge in [-0.05, 0) is 44.0 Å². The fourth-order valence-corrected chi connectivity index (χ4v) is 4.18. The molecule has 1 saturated heterocycles. The summed E-state index contributed by atoms with van der Waals surface area (Å²) in [4.78, 5) is 33.2. The quantitative estimate of drug-likeness (QED) is 0.467. The summed E-state index contributed by atoms with van der Waals surface area (Å²) in [6, 6.07) is 15.0. The predicted molar refractivity (Wildman–Crippen MR) is 130 cm³/mol. The molecule has 0 radical (unpaired) electrons. The van der Waals surface area contributed by atoms with Crippen molar-refractivity contribution < 1.29 is 9.53 Å². The second-order valence-corrected chi connectivity index (χ2v) is 8.54. The van der Waals surface area contributed by atoms with E-state index in [0.717, 1.165) is 11.1 Å². The SMILES string of the molecule is Cc1cccn2c(=O)c(/C=C(\C#N)C(=O)NCc3ccccc3)c(N3C[C@@H](C)O[C@H](C)C3)nc12. The smallest absolute Gasteiger partial charge is 0.267 e. The average Bonchev–Trinajstić information content (AvgIpc) is 2.82. The Kier molecular flexibility index (Phi) is 6.75. The van der Waals surface area contributed by atoms with Gasteiger partial charge in [0.25, 0.3) is 11.5 Å². The number of ether oxygens (including phenoxy) is 1. The number of anilines is 1. The zero-order valence-corrected chi connectivity index (χ0v) is 19.5. The van der Waals surface area contributed by atoms with E-state index in [9.17, 15) is 14.9 Å². The van der Waals surface area contributed by atoms with Crippen LogP contribution in [0.4, 0.5) is 5.82 Å². The first kappa shape index (κ1) is 23.2. The number of nitrogens with zero attached hydrogens (tertiary/aromatic N) is 4. The van der Waals surface area contributed by atoms with Crippen LogP contribution in [0.3, 0.4) is 0 Å². The molecule has 34 heavy (non-hydrogen) atoms. The number of fused-ring (bicyclic) bond motifs is 1. The number of nitrogens with one attached hydrogen (secondary N) is 1. The number of carbonyl (C=O) groups excluding carboxylic acids is 1. The van der Waals surface area contributed by atoms with Crippen molar-refractivity contribution in [3.63, 3.8) is 0 Å². The van der Waals surface area contributed by atoms with Gasteiger partial charge in [-0.3, -0.25) is 14.0 Å². The van der Waals surface area contributed by atoms with Crippen molar-refractivity contribution in [2.75, 3.05) is 18.0 Å². The van der Waals surface area contributed by atoms with Gasteiger partial charge in [0, 0.05) is 25.8 Å². The van der Waals surface area contributed by atoms with Crippen LogP contribution in [0.15, 0.2) is 59.0 Å². The van der Waals surface area contributed by atoms with E-state index in [1.54, 1.807) is 12.3 Å². The summed E-state index contributed by atoms with van der Waals surface area (Å²) >= 11 is 0. The van der Waals surface area contributed by atoms with Gasteiger partial charge in [0.15, 0.2) is 0 Å². The van der Waals surface area contributed by atoms with E-state index in [0.29, 0.717) is 24.6 Å². The molecule has 0 aliphatic carbocycles. The van der Waals surface area contributed by atoms with Crippen LogP contribution in [0.1, 0.15) is 30.5 Å². The topological polar surface area (TPSA) is 99.7 Å². The highest BCUT2D eigenvalue weighted by molar-refractivity contribution is 6.02. The minimum Gasteiger partial charge on any atom is -0.372 e. The third-order valence-corrected chi connectivity index (χ3v) is 5.73. The molecule has 1 amide bonds. The summed E-state index contributed by atoms with van der Waals surface area (Å²) in [5.74, 6) is -0.0975. The van der Waals surface area contributed by atoms with Gasteiger partial charge in [-0.1, -0.05) is 36.4 Å². The highest BCUT2D eigenvalue weighted by atomic mass is 16.5. The van der Waals surface area contributed by atoms with E-state index in [-0.39, 0.29) is 35.4 Å². The number of morpholine rings is 1. The maximum Gasteiger partial charge on any atom is 0.267 e. The van der Waals surface area contributed by atoms with Crippen molar-refractivity contribution in [1.82, 2.24) is 14.7 Å². The van der Waals surface area contributed by atoms with Gasteiger partial charge in [0.2, 0.25) is 0 Å². The Morgan fingerprint density at radius 2 is 1.91 bits per heavy atom. The molecule has 8 nitrogen and oxygen atoms in total. The number of hydrogen-bond acceptors (Lipinski definition) is 6. The van der Waals surface area contributed by atoms with Crippen LogP contribution in [0, 0.1) is 18.3 Å². The molecule has 1 N–H and O–H groups in total. The summed E-state index contributed by atoms with van der Waals surface area (Å²) in [6.45, 7) is 7.19. The van der Waals surface area contributed by atoms with Gasteiger partial charge in [-0.2, -0.15) is 5.26 Å². The Balaban J connectivity index is 1.78. The molecule has 2 atom stereocenters. The molecule has 2 aromatic heterocycles. The monoisotopic (exact) mass is 457 g/mol. The number of aromatic nitrogens is 2. The minimum atomic E-state index is -0.547. The van der Waals surface area contributed by atoms with E-state index in [1.807, 2.05) is 68.1 Å². The lowest BCUT2D eigenvalue weighted by molar-refractivity contribution is -0.117. The van der Waals surface area contributed by atoms with Crippen LogP contribution in [-0.2, 0) is 16.1 Å². The lowest BCUT2D eigenvalue weighted by atomic mass is 10.1. The zero-order valence-electron chi connectivity index (χ0n) is 19.5. The number of hydrogen-bond donors (Lipinski definition) is 1. The van der Waals surface area contributed by atoms with Crippen LogP contribution in [0.2, 0.25) is 0 Å². The van der Waals surface area contributed by atoms with E-state index >= 15 is 0 Å². The van der Waals surface area contributed by atoms with Gasteiger partial charge < -0.3 is 15.0 Å². The lowest BCUT2D eigenvalue weighted by Gasteiger charge is -2.36. The van der Waals surface area contributed by atoms with Crippen LogP contribution in [0.5, 0.6) is 0 Å². The Bertz CT molecular complexity index is 1330. The van der Waals surface area contributed by atoms with Crippen molar-refractivity contribution in [3.05, 3.63) is 81.3 Å². The summed E-state index contributed by atoms with van der Waals surface area (Å²) in [6.07, 6.45) is 2.89. The second kappa shape index (κ2) is 9.89. The van der Waals surface area contributed by atoms with Crippen molar-refractivity contribution in [2.45, 2.75) is 39.5 Å². The summed E-state index contributed by atoms with van der Waals surface area (Å²) in [7, 11) is 0. The number of aryl methyl sites for hydroxylation is 1. The number of amides is 1. The minimum absolute atomic E-state index is 0.0534. The third kappa shape index (κ3) is 4.85. The first-order chi connectivity index (χ1) is 16.4. The first-order valence-electron chi connectivity index (χ1n) is 11.2. The predicted octanol–water partition coefficient (Wildman–Crippen LogP) is 2.84. The van der Waals surface area contributed by atoms with Gasteiger partial charge in [0.05, 0.1) is 17.8 Å². The lowest BCUT2D eigenvalue weighted by Crippen LogP contribution is -2.46. The van der Waals surface area contributed by atoms with E-state index < -0.39 is 5.91 Å². The molecule has 1 aliphatic heterocycles. The fraction of sp³-hybridized carbons (Fsp3) is 0.308. The van der Waals surface area contributed by atoms with Gasteiger partial charge in [-0.15, -0.1) is 0 Å².